The Kier molecular flexibility index (Phi) is 5.78. The first-order chi connectivity index (χ1) is 17.8. The number of phenols is 1. The Morgan fingerprint density at radius 2 is 1.95 bits per heavy atom. The number of benzene rings is 1. The predicted molar refractivity (Wildman–Crippen MR) is 133 cm³/mol. The molecule has 12 heteroatoms. The number of nitrogens with zero attached hydrogens (tertiary/aromatic N) is 3. The van der Waals surface area contributed by atoms with Crippen molar-refractivity contribution in [1.82, 2.24) is 10.1 Å². The molecule has 0 saturated heterocycles. The van der Waals surface area contributed by atoms with Crippen molar-refractivity contribution in [2.75, 3.05) is 19.0 Å². The first-order valence-electron chi connectivity index (χ1n) is 12.4. The van der Waals surface area contributed by atoms with Crippen molar-refractivity contribution in [3.05, 3.63) is 23.0 Å². The molecule has 5 rings (SSSR count). The highest BCUT2D eigenvalue weighted by molar-refractivity contribution is 6.32. The Morgan fingerprint density at radius 3 is 2.53 bits per heavy atom. The fourth-order valence-electron chi connectivity index (χ4n) is 6.21. The van der Waals surface area contributed by atoms with Gasteiger partial charge in [0, 0.05) is 38.0 Å². The van der Waals surface area contributed by atoms with Crippen LogP contribution in [0.5, 0.6) is 5.75 Å². The first kappa shape index (κ1) is 25.7. The summed E-state index contributed by atoms with van der Waals surface area (Å²) in [5, 5.41) is 35.1. The van der Waals surface area contributed by atoms with Gasteiger partial charge < -0.3 is 30.8 Å². The summed E-state index contributed by atoms with van der Waals surface area (Å²) >= 11 is 0. The lowest BCUT2D eigenvalue weighted by Crippen LogP contribution is -2.68. The van der Waals surface area contributed by atoms with Crippen molar-refractivity contribution >= 4 is 34.7 Å². The van der Waals surface area contributed by atoms with E-state index in [1.807, 2.05) is 13.8 Å². The summed E-state index contributed by atoms with van der Waals surface area (Å²) in [6.07, 6.45) is 0.0182. The SMILES string of the molecule is CC(C)c1noc(-c2cc(N(C)C)c3c(c2O)C(=O)C2C(=O)C4(O)C(=N)C(C(N)=O)C(=O)CC4CC2C3)n1. The smallest absolute Gasteiger partial charge is 0.261 e. The number of carbonyl (C=O) groups excluding carboxylic acids is 4. The van der Waals surface area contributed by atoms with E-state index in [1.54, 1.807) is 25.1 Å². The molecule has 5 N–H and O–H groups in total. The Morgan fingerprint density at radius 1 is 1.26 bits per heavy atom. The summed E-state index contributed by atoms with van der Waals surface area (Å²) in [5.41, 5.74) is 3.22. The highest BCUT2D eigenvalue weighted by atomic mass is 16.5. The second kappa shape index (κ2) is 8.55. The average Bonchev–Trinajstić information content (AvgIpc) is 3.31. The van der Waals surface area contributed by atoms with E-state index in [4.69, 9.17) is 15.7 Å². The van der Waals surface area contributed by atoms with Crippen LogP contribution in [0.1, 0.15) is 54.4 Å². The second-order valence-corrected chi connectivity index (χ2v) is 10.9. The number of nitrogens with one attached hydrogen (secondary N) is 1. The summed E-state index contributed by atoms with van der Waals surface area (Å²) in [6.45, 7) is 3.75. The molecule has 0 spiro atoms. The molecular formula is C26H29N5O7. The van der Waals surface area contributed by atoms with Gasteiger partial charge in [0.15, 0.2) is 28.8 Å². The minimum atomic E-state index is -2.47. The molecule has 1 heterocycles. The number of rotatable bonds is 4. The number of carbonyl (C=O) groups is 4. The van der Waals surface area contributed by atoms with Crippen LogP contribution < -0.4 is 10.6 Å². The van der Waals surface area contributed by atoms with Gasteiger partial charge in [-0.25, -0.2) is 0 Å². The van der Waals surface area contributed by atoms with Gasteiger partial charge in [-0.1, -0.05) is 19.0 Å². The minimum absolute atomic E-state index is 0.0116. The number of aromatic hydroxyl groups is 1. The monoisotopic (exact) mass is 523 g/mol. The van der Waals surface area contributed by atoms with Crippen molar-refractivity contribution in [2.24, 2.45) is 29.4 Å². The fraction of sp³-hybridized carbons (Fsp3) is 0.500. The molecule has 12 nitrogen and oxygen atoms in total. The number of primary amides is 1. The molecule has 200 valence electrons. The summed E-state index contributed by atoms with van der Waals surface area (Å²) in [4.78, 5) is 58.3. The molecule has 2 aromatic rings. The maximum atomic E-state index is 14.0. The third kappa shape index (κ3) is 3.43. The number of hydrogen-bond acceptors (Lipinski definition) is 11. The zero-order valence-electron chi connectivity index (χ0n) is 21.4. The molecule has 0 radical (unpaired) electrons. The van der Waals surface area contributed by atoms with Crippen molar-refractivity contribution in [2.45, 2.75) is 44.6 Å². The van der Waals surface area contributed by atoms with Gasteiger partial charge in [0.05, 0.1) is 22.8 Å². The lowest BCUT2D eigenvalue weighted by atomic mass is 9.53. The van der Waals surface area contributed by atoms with E-state index in [0.29, 0.717) is 17.1 Å². The number of aliphatic hydroxyl groups is 1. The van der Waals surface area contributed by atoms with Crippen LogP contribution in [0.25, 0.3) is 11.5 Å². The molecule has 1 aromatic carbocycles. The van der Waals surface area contributed by atoms with E-state index in [0.717, 1.165) is 0 Å². The Hall–Kier alpha value is -3.93. The number of Topliss-reactive ketones (excluding diaryl/α,β-unsaturated/α-hetero) is 3. The summed E-state index contributed by atoms with van der Waals surface area (Å²) < 4.78 is 5.36. The lowest BCUT2D eigenvalue weighted by Gasteiger charge is -2.50. The molecule has 38 heavy (non-hydrogen) atoms. The Labute approximate surface area is 217 Å². The molecule has 5 atom stereocenters. The standard InChI is InChI=1S/C26H29N5O7/c1-9(2)24-29-25(38-30-24)13-8-14(31(3)4)12-6-10-5-11-7-15(32)18(23(28)36)21(27)26(11,37)22(35)16(10)20(34)17(12)19(13)33/h8-11,16,18,27,33,37H,5-7H2,1-4H3,(H2,28,36). The topological polar surface area (TPSA) is 201 Å². The normalized spacial score (nSPS) is 28.7. The van der Waals surface area contributed by atoms with Crippen LogP contribution >= 0.6 is 0 Å². The van der Waals surface area contributed by atoms with Crippen molar-refractivity contribution in [1.29, 1.82) is 5.41 Å². The molecular weight excluding hydrogens is 494 g/mol. The third-order valence-corrected chi connectivity index (χ3v) is 8.11. The van der Waals surface area contributed by atoms with Gasteiger partial charge in [0.2, 0.25) is 5.91 Å². The molecule has 0 aliphatic heterocycles. The van der Waals surface area contributed by atoms with Gasteiger partial charge in [-0.3, -0.25) is 19.2 Å². The Bertz CT molecular complexity index is 1430. The molecule has 3 aliphatic rings. The number of aromatic nitrogens is 2. The van der Waals surface area contributed by atoms with Gasteiger partial charge in [-0.15, -0.1) is 0 Å². The molecule has 2 fully saturated rings. The van der Waals surface area contributed by atoms with E-state index in [1.165, 1.54) is 0 Å². The van der Waals surface area contributed by atoms with Gasteiger partial charge in [-0.05, 0) is 30.4 Å². The van der Waals surface area contributed by atoms with Crippen LogP contribution in [0.2, 0.25) is 0 Å². The third-order valence-electron chi connectivity index (χ3n) is 8.11. The number of ketones is 3. The number of anilines is 1. The molecule has 3 aliphatic carbocycles. The van der Waals surface area contributed by atoms with Crippen LogP contribution in [-0.2, 0) is 20.8 Å². The predicted octanol–water partition coefficient (Wildman–Crippen LogP) is 1.02. The second-order valence-electron chi connectivity index (χ2n) is 10.9. The van der Waals surface area contributed by atoms with E-state index in [9.17, 15) is 29.4 Å². The van der Waals surface area contributed by atoms with E-state index < -0.39 is 64.0 Å². The summed E-state index contributed by atoms with van der Waals surface area (Å²) in [6, 6.07) is 1.65. The lowest BCUT2D eigenvalue weighted by molar-refractivity contribution is -0.151. The van der Waals surface area contributed by atoms with Crippen LogP contribution in [0.15, 0.2) is 10.6 Å². The average molecular weight is 524 g/mol. The maximum Gasteiger partial charge on any atom is 0.261 e. The van der Waals surface area contributed by atoms with Gasteiger partial charge in [-0.2, -0.15) is 4.98 Å². The number of nitrogens with two attached hydrogens (primary N) is 1. The highest BCUT2D eigenvalue weighted by Crippen LogP contribution is 2.52. The van der Waals surface area contributed by atoms with Crippen LogP contribution in [0.4, 0.5) is 5.69 Å². The minimum Gasteiger partial charge on any atom is -0.506 e. The largest absolute Gasteiger partial charge is 0.506 e. The van der Waals surface area contributed by atoms with Crippen LogP contribution in [-0.4, -0.2) is 69.0 Å². The van der Waals surface area contributed by atoms with Crippen LogP contribution in [0, 0.1) is 29.1 Å². The van der Waals surface area contributed by atoms with E-state index in [-0.39, 0.29) is 42.2 Å². The molecule has 2 saturated carbocycles. The quantitative estimate of drug-likeness (QED) is 0.419. The molecule has 1 amide bonds. The van der Waals surface area contributed by atoms with Crippen molar-refractivity contribution in [3.8, 4) is 17.2 Å². The fourth-order valence-corrected chi connectivity index (χ4v) is 6.21. The maximum absolute atomic E-state index is 14.0. The summed E-state index contributed by atoms with van der Waals surface area (Å²) in [5.74, 6) is -8.07. The number of fused-ring (bicyclic) bond motifs is 3. The molecule has 1 aromatic heterocycles. The van der Waals surface area contributed by atoms with Crippen molar-refractivity contribution < 1.29 is 33.9 Å². The molecule has 5 unspecified atom stereocenters. The zero-order chi connectivity index (χ0) is 27.8. The van der Waals surface area contributed by atoms with Crippen LogP contribution in [0.3, 0.4) is 0 Å². The van der Waals surface area contributed by atoms with E-state index in [2.05, 4.69) is 10.1 Å². The van der Waals surface area contributed by atoms with Crippen molar-refractivity contribution in [3.63, 3.8) is 0 Å². The number of phenolic OH excluding ortho intramolecular Hbond substituents is 1. The first-order valence-corrected chi connectivity index (χ1v) is 12.4. The van der Waals surface area contributed by atoms with Gasteiger partial charge in [0.25, 0.3) is 5.89 Å². The van der Waals surface area contributed by atoms with Gasteiger partial charge in [0.1, 0.15) is 11.7 Å². The highest BCUT2D eigenvalue weighted by Gasteiger charge is 2.64. The summed E-state index contributed by atoms with van der Waals surface area (Å²) in [7, 11) is 3.55. The van der Waals surface area contributed by atoms with E-state index >= 15 is 0 Å². The number of amides is 1. The number of hydrogen-bond donors (Lipinski definition) is 4. The van der Waals surface area contributed by atoms with Gasteiger partial charge >= 0.3 is 0 Å². The molecule has 0 bridgehead atoms. The Balaban J connectivity index is 1.64. The zero-order valence-corrected chi connectivity index (χ0v) is 21.4.